The first-order valence-electron chi connectivity index (χ1n) is 8.85. The molecule has 0 spiro atoms. The van der Waals surface area contributed by atoms with Crippen LogP contribution in [0.1, 0.15) is 87.0 Å². The molecule has 0 nitrogen and oxygen atoms in total. The fraction of sp³-hybridized carbons (Fsp3) is 1.00. The summed E-state index contributed by atoms with van der Waals surface area (Å²) in [5, 5.41) is 0. The maximum Gasteiger partial charge on any atom is -0.0306 e. The largest absolute Gasteiger partial charge is 0.0654 e. The Labute approximate surface area is 122 Å². The minimum Gasteiger partial charge on any atom is -0.0654 e. The summed E-state index contributed by atoms with van der Waals surface area (Å²) < 4.78 is 0. The lowest BCUT2D eigenvalue weighted by atomic mass is 9.49. The van der Waals surface area contributed by atoms with Crippen LogP contribution in [0.2, 0.25) is 0 Å². The average Bonchev–Trinajstić information content (AvgIpc) is 2.31. The van der Waals surface area contributed by atoms with Gasteiger partial charge >= 0.3 is 0 Å². The summed E-state index contributed by atoms with van der Waals surface area (Å²) >= 11 is 0. The Morgan fingerprint density at radius 1 is 1.05 bits per heavy atom. The van der Waals surface area contributed by atoms with Gasteiger partial charge < -0.3 is 0 Å². The monoisotopic (exact) mass is 266 g/mol. The van der Waals surface area contributed by atoms with Crippen molar-refractivity contribution in [2.24, 2.45) is 35.0 Å². The van der Waals surface area contributed by atoms with Gasteiger partial charge in [0, 0.05) is 0 Å². The second-order valence-corrected chi connectivity index (χ2v) is 8.15. The SMILES string of the molecule is CCCCCC(C(C)C)C(C)C1C(CC)CC1(C)C. The molecule has 0 radical (unpaired) electrons. The molecule has 0 amide bonds. The molecular formula is C19H38. The Hall–Kier alpha value is 0. The second-order valence-electron chi connectivity index (χ2n) is 8.15. The summed E-state index contributed by atoms with van der Waals surface area (Å²) in [6.45, 7) is 17.2. The van der Waals surface area contributed by atoms with Crippen LogP contribution in [0.3, 0.4) is 0 Å². The van der Waals surface area contributed by atoms with Crippen LogP contribution >= 0.6 is 0 Å². The van der Waals surface area contributed by atoms with E-state index in [0.29, 0.717) is 5.41 Å². The van der Waals surface area contributed by atoms with Crippen LogP contribution in [-0.2, 0) is 0 Å². The van der Waals surface area contributed by atoms with Crippen LogP contribution in [0.25, 0.3) is 0 Å². The molecule has 4 unspecified atom stereocenters. The van der Waals surface area contributed by atoms with Crippen molar-refractivity contribution in [3.8, 4) is 0 Å². The molecule has 1 fully saturated rings. The summed E-state index contributed by atoms with van der Waals surface area (Å²) in [5.41, 5.74) is 0.595. The van der Waals surface area contributed by atoms with Crippen molar-refractivity contribution >= 4 is 0 Å². The quantitative estimate of drug-likeness (QED) is 0.437. The third-order valence-electron chi connectivity index (χ3n) is 5.96. The molecule has 1 aliphatic rings. The van der Waals surface area contributed by atoms with Crippen molar-refractivity contribution in [3.63, 3.8) is 0 Å². The van der Waals surface area contributed by atoms with Gasteiger partial charge in [-0.3, -0.25) is 0 Å². The van der Waals surface area contributed by atoms with Crippen LogP contribution in [0.5, 0.6) is 0 Å². The van der Waals surface area contributed by atoms with E-state index in [4.69, 9.17) is 0 Å². The first-order valence-corrected chi connectivity index (χ1v) is 8.85. The molecule has 0 aromatic rings. The van der Waals surface area contributed by atoms with Gasteiger partial charge in [0.2, 0.25) is 0 Å². The molecule has 0 heterocycles. The van der Waals surface area contributed by atoms with Gasteiger partial charge in [0.1, 0.15) is 0 Å². The molecule has 0 bridgehead atoms. The number of rotatable bonds is 8. The standard InChI is InChI=1S/C19H38/c1-8-10-11-12-17(14(3)4)15(5)18-16(9-2)13-19(18,6)7/h14-18H,8-13H2,1-7H3. The Bertz CT molecular complexity index is 251. The van der Waals surface area contributed by atoms with E-state index in [1.807, 2.05) is 0 Å². The predicted molar refractivity (Wildman–Crippen MR) is 87.3 cm³/mol. The summed E-state index contributed by atoms with van der Waals surface area (Å²) in [6.07, 6.45) is 8.51. The summed E-state index contributed by atoms with van der Waals surface area (Å²) in [6, 6.07) is 0. The first-order chi connectivity index (χ1) is 8.85. The molecule has 0 aromatic heterocycles. The van der Waals surface area contributed by atoms with E-state index in [1.165, 1.54) is 38.5 Å². The van der Waals surface area contributed by atoms with E-state index in [-0.39, 0.29) is 0 Å². The lowest BCUT2D eigenvalue weighted by molar-refractivity contribution is -0.0742. The van der Waals surface area contributed by atoms with Gasteiger partial charge in [0.15, 0.2) is 0 Å². The molecule has 1 rings (SSSR count). The minimum atomic E-state index is 0.595. The van der Waals surface area contributed by atoms with Crippen LogP contribution in [0, 0.1) is 35.0 Å². The molecule has 1 aliphatic carbocycles. The molecule has 0 N–H and O–H groups in total. The fourth-order valence-corrected chi connectivity index (χ4v) is 5.06. The molecule has 4 atom stereocenters. The minimum absolute atomic E-state index is 0.595. The van der Waals surface area contributed by atoms with Crippen molar-refractivity contribution < 1.29 is 0 Å². The summed E-state index contributed by atoms with van der Waals surface area (Å²) in [5.74, 6) is 4.65. The highest BCUT2D eigenvalue weighted by Gasteiger charge is 2.50. The molecule has 1 saturated carbocycles. The van der Waals surface area contributed by atoms with Gasteiger partial charge in [-0.2, -0.15) is 0 Å². The van der Waals surface area contributed by atoms with Gasteiger partial charge in [0.05, 0.1) is 0 Å². The Morgan fingerprint density at radius 2 is 1.68 bits per heavy atom. The van der Waals surface area contributed by atoms with Gasteiger partial charge in [0.25, 0.3) is 0 Å². The van der Waals surface area contributed by atoms with Crippen molar-refractivity contribution in [1.29, 1.82) is 0 Å². The highest BCUT2D eigenvalue weighted by atomic mass is 14.5. The highest BCUT2D eigenvalue weighted by molar-refractivity contribution is 4.99. The van der Waals surface area contributed by atoms with Crippen LogP contribution in [-0.4, -0.2) is 0 Å². The Balaban J connectivity index is 2.67. The number of hydrogen-bond acceptors (Lipinski definition) is 0. The van der Waals surface area contributed by atoms with Gasteiger partial charge in [-0.25, -0.2) is 0 Å². The van der Waals surface area contributed by atoms with Gasteiger partial charge in [-0.15, -0.1) is 0 Å². The Morgan fingerprint density at radius 3 is 2.11 bits per heavy atom. The fourth-order valence-electron chi connectivity index (χ4n) is 5.06. The number of hydrogen-bond donors (Lipinski definition) is 0. The molecule has 0 aromatic carbocycles. The zero-order valence-electron chi connectivity index (χ0n) is 14.6. The van der Waals surface area contributed by atoms with Crippen LogP contribution in [0.15, 0.2) is 0 Å². The summed E-state index contributed by atoms with van der Waals surface area (Å²) in [4.78, 5) is 0. The van der Waals surface area contributed by atoms with E-state index in [0.717, 1.165) is 29.6 Å². The predicted octanol–water partition coefficient (Wildman–Crippen LogP) is 6.55. The zero-order chi connectivity index (χ0) is 14.6. The number of unbranched alkanes of at least 4 members (excludes halogenated alkanes) is 2. The normalized spacial score (nSPS) is 29.1. The smallest absolute Gasteiger partial charge is 0.0306 e. The third-order valence-corrected chi connectivity index (χ3v) is 5.96. The van der Waals surface area contributed by atoms with Crippen LogP contribution in [0.4, 0.5) is 0 Å². The van der Waals surface area contributed by atoms with Crippen LogP contribution < -0.4 is 0 Å². The molecule has 19 heavy (non-hydrogen) atoms. The zero-order valence-corrected chi connectivity index (χ0v) is 14.6. The maximum atomic E-state index is 2.56. The van der Waals surface area contributed by atoms with Crippen molar-refractivity contribution in [2.75, 3.05) is 0 Å². The van der Waals surface area contributed by atoms with Gasteiger partial charge in [-0.1, -0.05) is 74.1 Å². The average molecular weight is 267 g/mol. The van der Waals surface area contributed by atoms with E-state index in [1.54, 1.807) is 0 Å². The molecular weight excluding hydrogens is 228 g/mol. The topological polar surface area (TPSA) is 0 Å². The molecule has 0 saturated heterocycles. The van der Waals surface area contributed by atoms with Crippen molar-refractivity contribution in [3.05, 3.63) is 0 Å². The Kier molecular flexibility index (Phi) is 6.40. The molecule has 0 aliphatic heterocycles. The lowest BCUT2D eigenvalue weighted by Gasteiger charge is -2.56. The van der Waals surface area contributed by atoms with E-state index in [9.17, 15) is 0 Å². The van der Waals surface area contributed by atoms with Crippen molar-refractivity contribution in [1.82, 2.24) is 0 Å². The summed E-state index contributed by atoms with van der Waals surface area (Å²) in [7, 11) is 0. The maximum absolute atomic E-state index is 2.56. The van der Waals surface area contributed by atoms with Gasteiger partial charge in [-0.05, 0) is 47.8 Å². The van der Waals surface area contributed by atoms with E-state index >= 15 is 0 Å². The molecule has 0 heteroatoms. The highest BCUT2D eigenvalue weighted by Crippen LogP contribution is 2.57. The van der Waals surface area contributed by atoms with E-state index in [2.05, 4.69) is 48.5 Å². The lowest BCUT2D eigenvalue weighted by Crippen LogP contribution is -2.49. The first kappa shape index (κ1) is 17.1. The second kappa shape index (κ2) is 7.14. The third kappa shape index (κ3) is 3.99. The van der Waals surface area contributed by atoms with E-state index < -0.39 is 0 Å². The van der Waals surface area contributed by atoms with Crippen molar-refractivity contribution in [2.45, 2.75) is 87.0 Å². The molecule has 114 valence electrons.